The number of aromatic nitrogens is 2. The maximum Gasteiger partial charge on any atom is 0.234 e. The van der Waals surface area contributed by atoms with Crippen LogP contribution in [-0.4, -0.2) is 21.2 Å². The Hall–Kier alpha value is -1.54. The van der Waals surface area contributed by atoms with Crippen molar-refractivity contribution in [1.82, 2.24) is 9.55 Å². The third kappa shape index (κ3) is 3.44. The zero-order valence-corrected chi connectivity index (χ0v) is 14.9. The molecule has 1 heterocycles. The summed E-state index contributed by atoms with van der Waals surface area (Å²) in [6.45, 7) is 0. The van der Waals surface area contributed by atoms with E-state index in [1.54, 1.807) is 0 Å². The van der Waals surface area contributed by atoms with Gasteiger partial charge in [0, 0.05) is 16.3 Å². The molecule has 112 valence electrons. The molecule has 0 aliphatic heterocycles. The number of thioether (sulfide) groups is 1. The van der Waals surface area contributed by atoms with Gasteiger partial charge < -0.3 is 9.88 Å². The van der Waals surface area contributed by atoms with Gasteiger partial charge in [0.05, 0.1) is 16.8 Å². The number of hydrogen-bond acceptors (Lipinski definition) is 3. The average Bonchev–Trinajstić information content (AvgIpc) is 2.82. The van der Waals surface area contributed by atoms with Gasteiger partial charge in [-0.15, -0.1) is 0 Å². The highest BCUT2D eigenvalue weighted by Crippen LogP contribution is 2.22. The van der Waals surface area contributed by atoms with Crippen LogP contribution in [0.15, 0.2) is 53.7 Å². The summed E-state index contributed by atoms with van der Waals surface area (Å²) in [5, 5.41) is 3.75. The van der Waals surface area contributed by atoms with Crippen molar-refractivity contribution < 1.29 is 4.79 Å². The normalized spacial score (nSPS) is 10.8. The minimum absolute atomic E-state index is 0.0287. The fourth-order valence-corrected chi connectivity index (χ4v) is 3.48. The Kier molecular flexibility index (Phi) is 4.68. The van der Waals surface area contributed by atoms with Gasteiger partial charge in [-0.25, -0.2) is 4.98 Å². The summed E-state index contributed by atoms with van der Waals surface area (Å²) in [7, 11) is 1.97. The minimum Gasteiger partial charge on any atom is -0.325 e. The van der Waals surface area contributed by atoms with Gasteiger partial charge in [0.15, 0.2) is 5.16 Å². The van der Waals surface area contributed by atoms with Gasteiger partial charge in [-0.3, -0.25) is 4.79 Å². The monoisotopic (exact) mass is 423 g/mol. The fraction of sp³-hybridized carbons (Fsp3) is 0.125. The van der Waals surface area contributed by atoms with Gasteiger partial charge in [-0.2, -0.15) is 0 Å². The van der Waals surface area contributed by atoms with Crippen LogP contribution in [-0.2, 0) is 11.8 Å². The number of rotatable bonds is 4. The molecule has 1 N–H and O–H groups in total. The highest BCUT2D eigenvalue weighted by molar-refractivity contribution is 14.1. The van der Waals surface area contributed by atoms with Gasteiger partial charge >= 0.3 is 0 Å². The molecule has 0 fully saturated rings. The Bertz CT molecular complexity index is 831. The number of aryl methyl sites for hydroxylation is 1. The van der Waals surface area contributed by atoms with Crippen molar-refractivity contribution in [1.29, 1.82) is 0 Å². The largest absolute Gasteiger partial charge is 0.325 e. The number of carbonyl (C=O) groups is 1. The van der Waals surface area contributed by atoms with E-state index in [4.69, 9.17) is 0 Å². The molecule has 0 radical (unpaired) electrons. The SMILES string of the molecule is Cn1c(SCC(=O)Nc2cccc(I)c2)nc2ccccc21. The molecular formula is C16H14IN3OS. The van der Waals surface area contributed by atoms with Crippen LogP contribution in [0, 0.1) is 3.57 Å². The Balaban J connectivity index is 1.66. The Morgan fingerprint density at radius 1 is 1.27 bits per heavy atom. The summed E-state index contributed by atoms with van der Waals surface area (Å²) in [6.07, 6.45) is 0. The number of carbonyl (C=O) groups excluding carboxylic acids is 1. The van der Waals surface area contributed by atoms with E-state index in [2.05, 4.69) is 32.9 Å². The van der Waals surface area contributed by atoms with Gasteiger partial charge in [0.1, 0.15) is 0 Å². The van der Waals surface area contributed by atoms with Crippen molar-refractivity contribution in [3.63, 3.8) is 0 Å². The lowest BCUT2D eigenvalue weighted by atomic mass is 10.3. The van der Waals surface area contributed by atoms with Crippen molar-refractivity contribution >= 4 is 57.0 Å². The van der Waals surface area contributed by atoms with Crippen LogP contribution in [0.5, 0.6) is 0 Å². The van der Waals surface area contributed by atoms with E-state index in [0.717, 1.165) is 25.4 Å². The molecule has 2 aromatic carbocycles. The first-order chi connectivity index (χ1) is 10.6. The predicted molar refractivity (Wildman–Crippen MR) is 99.2 cm³/mol. The van der Waals surface area contributed by atoms with Crippen LogP contribution in [0.1, 0.15) is 0 Å². The Morgan fingerprint density at radius 2 is 2.09 bits per heavy atom. The molecule has 0 atom stereocenters. The topological polar surface area (TPSA) is 46.9 Å². The van der Waals surface area contributed by atoms with Gasteiger partial charge in [-0.05, 0) is 52.9 Å². The number of anilines is 1. The number of nitrogens with one attached hydrogen (secondary N) is 1. The molecule has 0 aliphatic carbocycles. The van der Waals surface area contributed by atoms with Crippen molar-refractivity contribution in [2.45, 2.75) is 5.16 Å². The van der Waals surface area contributed by atoms with Gasteiger partial charge in [0.2, 0.25) is 5.91 Å². The molecule has 0 bridgehead atoms. The van der Waals surface area contributed by atoms with Crippen molar-refractivity contribution in [2.75, 3.05) is 11.1 Å². The first kappa shape index (κ1) is 15.4. The van der Waals surface area contributed by atoms with Crippen molar-refractivity contribution in [3.8, 4) is 0 Å². The second kappa shape index (κ2) is 6.70. The molecule has 0 saturated carbocycles. The fourth-order valence-electron chi connectivity index (χ4n) is 2.15. The van der Waals surface area contributed by atoms with E-state index in [1.165, 1.54) is 11.8 Å². The molecule has 0 spiro atoms. The molecule has 22 heavy (non-hydrogen) atoms. The van der Waals surface area contributed by atoms with Crippen LogP contribution in [0.3, 0.4) is 0 Å². The maximum atomic E-state index is 12.1. The number of para-hydroxylation sites is 2. The highest BCUT2D eigenvalue weighted by Gasteiger charge is 2.10. The molecule has 0 saturated heterocycles. The summed E-state index contributed by atoms with van der Waals surface area (Å²) in [4.78, 5) is 16.6. The molecule has 0 unspecified atom stereocenters. The number of imidazole rings is 1. The van der Waals surface area contributed by atoms with Crippen LogP contribution in [0.25, 0.3) is 11.0 Å². The number of nitrogens with zero attached hydrogens (tertiary/aromatic N) is 2. The van der Waals surface area contributed by atoms with Crippen LogP contribution in [0.4, 0.5) is 5.69 Å². The van der Waals surface area contributed by atoms with Gasteiger partial charge in [-0.1, -0.05) is 30.0 Å². The standard InChI is InChI=1S/C16H14IN3OS/c1-20-14-8-3-2-7-13(14)19-16(20)22-10-15(21)18-12-6-4-5-11(17)9-12/h2-9H,10H2,1H3,(H,18,21). The third-order valence-corrected chi connectivity index (χ3v) is 4.89. The molecule has 3 aromatic rings. The van der Waals surface area contributed by atoms with E-state index >= 15 is 0 Å². The molecular weight excluding hydrogens is 409 g/mol. The molecule has 4 nitrogen and oxygen atoms in total. The van der Waals surface area contributed by atoms with Gasteiger partial charge in [0.25, 0.3) is 0 Å². The molecule has 3 rings (SSSR count). The number of halogens is 1. The summed E-state index contributed by atoms with van der Waals surface area (Å²) < 4.78 is 3.11. The van der Waals surface area contributed by atoms with Crippen molar-refractivity contribution in [2.24, 2.45) is 7.05 Å². The second-order valence-electron chi connectivity index (χ2n) is 4.79. The van der Waals surface area contributed by atoms with Crippen LogP contribution in [0.2, 0.25) is 0 Å². The van der Waals surface area contributed by atoms with E-state index in [-0.39, 0.29) is 5.91 Å². The molecule has 0 aliphatic rings. The lowest BCUT2D eigenvalue weighted by Gasteiger charge is -2.05. The Morgan fingerprint density at radius 3 is 2.86 bits per heavy atom. The molecule has 6 heteroatoms. The quantitative estimate of drug-likeness (QED) is 0.512. The average molecular weight is 423 g/mol. The zero-order valence-electron chi connectivity index (χ0n) is 11.9. The third-order valence-electron chi connectivity index (χ3n) is 3.19. The smallest absolute Gasteiger partial charge is 0.234 e. The number of benzene rings is 2. The summed E-state index contributed by atoms with van der Waals surface area (Å²) in [5.74, 6) is 0.307. The Labute approximate surface area is 146 Å². The molecule has 1 aromatic heterocycles. The summed E-state index contributed by atoms with van der Waals surface area (Å²) >= 11 is 3.67. The summed E-state index contributed by atoms with van der Waals surface area (Å²) in [5.41, 5.74) is 2.84. The number of amides is 1. The van der Waals surface area contributed by atoms with E-state index in [1.807, 2.05) is 60.1 Å². The number of hydrogen-bond donors (Lipinski definition) is 1. The molecule has 1 amide bonds. The maximum absolute atomic E-state index is 12.1. The number of fused-ring (bicyclic) bond motifs is 1. The van der Waals surface area contributed by atoms with E-state index < -0.39 is 0 Å². The minimum atomic E-state index is -0.0287. The van der Waals surface area contributed by atoms with Crippen molar-refractivity contribution in [3.05, 3.63) is 52.1 Å². The predicted octanol–water partition coefficient (Wildman–Crippen LogP) is 3.91. The zero-order chi connectivity index (χ0) is 15.5. The lowest BCUT2D eigenvalue weighted by Crippen LogP contribution is -2.14. The second-order valence-corrected chi connectivity index (χ2v) is 6.98. The van der Waals surface area contributed by atoms with Crippen LogP contribution < -0.4 is 5.32 Å². The van der Waals surface area contributed by atoms with E-state index in [9.17, 15) is 4.79 Å². The first-order valence-corrected chi connectivity index (χ1v) is 8.79. The lowest BCUT2D eigenvalue weighted by molar-refractivity contribution is -0.113. The highest BCUT2D eigenvalue weighted by atomic mass is 127. The summed E-state index contributed by atoms with van der Waals surface area (Å²) in [6, 6.07) is 15.7. The van der Waals surface area contributed by atoms with Crippen LogP contribution >= 0.6 is 34.4 Å². The van der Waals surface area contributed by atoms with E-state index in [0.29, 0.717) is 5.75 Å². The first-order valence-electron chi connectivity index (χ1n) is 6.73.